The predicted octanol–water partition coefficient (Wildman–Crippen LogP) is 2.48. The van der Waals surface area contributed by atoms with Gasteiger partial charge in [0, 0.05) is 20.1 Å². The van der Waals surface area contributed by atoms with Crippen molar-refractivity contribution in [2.75, 3.05) is 26.7 Å². The van der Waals surface area contributed by atoms with Crippen LogP contribution in [0.2, 0.25) is 10.0 Å². The summed E-state index contributed by atoms with van der Waals surface area (Å²) in [5, 5.41) is 0.0641. The lowest BCUT2D eigenvalue weighted by Gasteiger charge is -2.23. The van der Waals surface area contributed by atoms with Gasteiger partial charge in [-0.15, -0.1) is 0 Å². The summed E-state index contributed by atoms with van der Waals surface area (Å²) in [7, 11) is -2.59. The first-order valence-corrected chi connectivity index (χ1v) is 8.63. The second-order valence-corrected chi connectivity index (χ2v) is 7.17. The van der Waals surface area contributed by atoms with Crippen LogP contribution in [0.25, 0.3) is 0 Å². The number of carbonyl (C=O) groups is 1. The van der Waals surface area contributed by atoms with Crippen LogP contribution >= 0.6 is 23.2 Å². The van der Waals surface area contributed by atoms with Crippen molar-refractivity contribution in [1.29, 1.82) is 0 Å². The molecule has 5 nitrogen and oxygen atoms in total. The van der Waals surface area contributed by atoms with Gasteiger partial charge in [0.15, 0.2) is 0 Å². The Labute approximate surface area is 135 Å². The number of likely N-dealkylation sites (N-methyl/N-ethyl adjacent to an activating group) is 2. The molecule has 0 saturated heterocycles. The van der Waals surface area contributed by atoms with Gasteiger partial charge in [-0.1, -0.05) is 29.3 Å². The van der Waals surface area contributed by atoms with Crippen LogP contribution < -0.4 is 0 Å². The van der Waals surface area contributed by atoms with E-state index in [-0.39, 0.29) is 27.4 Å². The highest BCUT2D eigenvalue weighted by Gasteiger charge is 2.28. The molecule has 0 bridgehead atoms. The summed E-state index contributed by atoms with van der Waals surface area (Å²) in [6.07, 6.45) is 0. The second kappa shape index (κ2) is 7.45. The predicted molar refractivity (Wildman–Crippen MR) is 84.2 cm³/mol. The molecule has 0 aliphatic heterocycles. The molecule has 1 amide bonds. The quantitative estimate of drug-likeness (QED) is 0.790. The number of carbonyl (C=O) groups excluding carboxylic acids is 1. The van der Waals surface area contributed by atoms with Crippen LogP contribution in [0.1, 0.15) is 13.8 Å². The zero-order valence-electron chi connectivity index (χ0n) is 12.1. The van der Waals surface area contributed by atoms with Gasteiger partial charge in [0.05, 0.1) is 16.6 Å². The lowest BCUT2D eigenvalue weighted by molar-refractivity contribution is -0.130. The van der Waals surface area contributed by atoms with E-state index in [2.05, 4.69) is 0 Å². The minimum absolute atomic E-state index is 0.0321. The Morgan fingerprint density at radius 3 is 2.05 bits per heavy atom. The van der Waals surface area contributed by atoms with E-state index < -0.39 is 10.0 Å². The van der Waals surface area contributed by atoms with Crippen LogP contribution in [0.15, 0.2) is 23.1 Å². The van der Waals surface area contributed by atoms with Crippen molar-refractivity contribution in [2.45, 2.75) is 18.7 Å². The van der Waals surface area contributed by atoms with Gasteiger partial charge in [-0.3, -0.25) is 4.79 Å². The molecule has 0 unspecified atom stereocenters. The Kier molecular flexibility index (Phi) is 6.46. The van der Waals surface area contributed by atoms with Crippen LogP contribution in [0, 0.1) is 0 Å². The average molecular weight is 353 g/mol. The van der Waals surface area contributed by atoms with E-state index in [0.717, 1.165) is 4.31 Å². The Bertz CT molecular complexity index is 596. The lowest BCUT2D eigenvalue weighted by atomic mass is 10.4. The van der Waals surface area contributed by atoms with E-state index in [0.29, 0.717) is 13.1 Å². The fraction of sp³-hybridized carbons (Fsp3) is 0.462. The summed E-state index contributed by atoms with van der Waals surface area (Å²) in [5.74, 6) is -0.269. The minimum atomic E-state index is -3.92. The van der Waals surface area contributed by atoms with Crippen molar-refractivity contribution >= 4 is 39.1 Å². The number of hydrogen-bond acceptors (Lipinski definition) is 3. The molecule has 1 aromatic carbocycles. The smallest absolute Gasteiger partial charge is 0.246 e. The SMILES string of the molecule is CCN(CC)C(=O)CN(C)S(=O)(=O)c1c(Cl)cccc1Cl. The third-order valence-corrected chi connectivity index (χ3v) is 5.82. The maximum atomic E-state index is 12.5. The van der Waals surface area contributed by atoms with E-state index >= 15 is 0 Å². The topological polar surface area (TPSA) is 57.7 Å². The van der Waals surface area contributed by atoms with E-state index in [1.165, 1.54) is 19.2 Å². The number of hydrogen-bond donors (Lipinski definition) is 0. The van der Waals surface area contributed by atoms with Crippen molar-refractivity contribution in [3.8, 4) is 0 Å². The van der Waals surface area contributed by atoms with Gasteiger partial charge in [0.1, 0.15) is 4.90 Å². The van der Waals surface area contributed by atoms with Gasteiger partial charge in [-0.25, -0.2) is 8.42 Å². The summed E-state index contributed by atoms with van der Waals surface area (Å²) >= 11 is 11.9. The fourth-order valence-corrected chi connectivity index (χ4v) is 4.04. The molecule has 0 spiro atoms. The first kappa shape index (κ1) is 18.2. The van der Waals surface area contributed by atoms with Gasteiger partial charge in [-0.05, 0) is 26.0 Å². The van der Waals surface area contributed by atoms with Crippen molar-refractivity contribution in [1.82, 2.24) is 9.21 Å². The van der Waals surface area contributed by atoms with Gasteiger partial charge in [0.2, 0.25) is 15.9 Å². The number of halogens is 2. The van der Waals surface area contributed by atoms with Crippen LogP contribution in [-0.4, -0.2) is 50.2 Å². The zero-order chi connectivity index (χ0) is 16.2. The van der Waals surface area contributed by atoms with Gasteiger partial charge in [0.25, 0.3) is 0 Å². The Morgan fingerprint density at radius 1 is 1.14 bits per heavy atom. The minimum Gasteiger partial charge on any atom is -0.342 e. The van der Waals surface area contributed by atoms with Crippen molar-refractivity contribution in [2.24, 2.45) is 0 Å². The monoisotopic (exact) mass is 352 g/mol. The summed E-state index contributed by atoms with van der Waals surface area (Å²) in [4.78, 5) is 13.4. The Hall–Kier alpha value is -0.820. The van der Waals surface area contributed by atoms with E-state index in [4.69, 9.17) is 23.2 Å². The number of amides is 1. The Balaban J connectivity index is 3.06. The molecule has 0 heterocycles. The zero-order valence-corrected chi connectivity index (χ0v) is 14.5. The standard InChI is InChI=1S/C13H18Cl2N2O3S/c1-4-17(5-2)12(18)9-16(3)21(19,20)13-10(14)7-6-8-11(13)15/h6-8H,4-5,9H2,1-3H3. The van der Waals surface area contributed by atoms with Crippen molar-refractivity contribution in [3.05, 3.63) is 28.2 Å². The molecule has 0 aromatic heterocycles. The molecular formula is C13H18Cl2N2O3S. The van der Waals surface area contributed by atoms with Crippen LogP contribution in [-0.2, 0) is 14.8 Å². The normalized spacial score (nSPS) is 11.7. The van der Waals surface area contributed by atoms with Crippen LogP contribution in [0.3, 0.4) is 0 Å². The van der Waals surface area contributed by atoms with Crippen molar-refractivity contribution < 1.29 is 13.2 Å². The molecule has 21 heavy (non-hydrogen) atoms. The first-order valence-electron chi connectivity index (χ1n) is 6.43. The molecule has 0 fully saturated rings. The first-order chi connectivity index (χ1) is 9.75. The van der Waals surface area contributed by atoms with E-state index in [9.17, 15) is 13.2 Å². The summed E-state index contributed by atoms with van der Waals surface area (Å²) in [5.41, 5.74) is 0. The largest absolute Gasteiger partial charge is 0.342 e. The van der Waals surface area contributed by atoms with E-state index in [1.807, 2.05) is 13.8 Å². The lowest BCUT2D eigenvalue weighted by Crippen LogP contribution is -2.41. The van der Waals surface area contributed by atoms with Crippen LogP contribution in [0.4, 0.5) is 0 Å². The van der Waals surface area contributed by atoms with Crippen LogP contribution in [0.5, 0.6) is 0 Å². The maximum Gasteiger partial charge on any atom is 0.246 e. The molecule has 118 valence electrons. The molecule has 0 N–H and O–H groups in total. The highest BCUT2D eigenvalue weighted by molar-refractivity contribution is 7.89. The van der Waals surface area contributed by atoms with Gasteiger partial charge in [-0.2, -0.15) is 4.31 Å². The number of sulfonamides is 1. The number of nitrogens with zero attached hydrogens (tertiary/aromatic N) is 2. The molecule has 0 saturated carbocycles. The van der Waals surface area contributed by atoms with Gasteiger partial charge >= 0.3 is 0 Å². The second-order valence-electron chi connectivity index (χ2n) is 4.38. The molecule has 0 atom stereocenters. The molecule has 1 rings (SSSR count). The molecule has 8 heteroatoms. The summed E-state index contributed by atoms with van der Waals surface area (Å²) in [6, 6.07) is 4.45. The van der Waals surface area contributed by atoms with Gasteiger partial charge < -0.3 is 4.90 Å². The third kappa shape index (κ3) is 4.10. The third-order valence-electron chi connectivity index (χ3n) is 3.06. The fourth-order valence-electron chi connectivity index (χ4n) is 1.84. The number of benzene rings is 1. The molecular weight excluding hydrogens is 335 g/mol. The Morgan fingerprint density at radius 2 is 1.62 bits per heavy atom. The maximum absolute atomic E-state index is 12.5. The summed E-state index contributed by atoms with van der Waals surface area (Å²) in [6.45, 7) is 4.46. The average Bonchev–Trinajstić information content (AvgIpc) is 2.39. The molecule has 0 radical (unpaired) electrons. The number of rotatable bonds is 6. The summed E-state index contributed by atoms with van der Waals surface area (Å²) < 4.78 is 25.9. The van der Waals surface area contributed by atoms with Crippen molar-refractivity contribution in [3.63, 3.8) is 0 Å². The highest BCUT2D eigenvalue weighted by atomic mass is 35.5. The molecule has 0 aliphatic carbocycles. The molecule has 0 aliphatic rings. The molecule has 1 aromatic rings. The van der Waals surface area contributed by atoms with E-state index in [1.54, 1.807) is 11.0 Å². The highest BCUT2D eigenvalue weighted by Crippen LogP contribution is 2.30.